The van der Waals surface area contributed by atoms with Crippen LogP contribution < -0.4 is 0 Å². The molecule has 1 amide bonds. The van der Waals surface area contributed by atoms with E-state index in [-0.39, 0.29) is 23.9 Å². The summed E-state index contributed by atoms with van der Waals surface area (Å²) < 4.78 is 5.53. The first-order valence-electron chi connectivity index (χ1n) is 8.19. The third kappa shape index (κ3) is 3.50. The number of amides is 1. The second kappa shape index (κ2) is 6.91. The van der Waals surface area contributed by atoms with Crippen molar-refractivity contribution in [2.45, 2.75) is 32.2 Å². The van der Waals surface area contributed by atoms with Crippen LogP contribution in [0.25, 0.3) is 0 Å². The first kappa shape index (κ1) is 16.3. The van der Waals surface area contributed by atoms with Crippen LogP contribution in [0.15, 0.2) is 47.1 Å². The first-order chi connectivity index (χ1) is 11.5. The van der Waals surface area contributed by atoms with Crippen LogP contribution in [0.2, 0.25) is 0 Å². The number of carbonyl (C=O) groups excluding carboxylic acids is 1. The Labute approximate surface area is 140 Å². The molecule has 2 heterocycles. The predicted octanol–water partition coefficient (Wildman–Crippen LogP) is 3.52. The summed E-state index contributed by atoms with van der Waals surface area (Å²) in [5.74, 6) is 0.379. The van der Waals surface area contributed by atoms with Crippen molar-refractivity contribution in [1.29, 1.82) is 0 Å². The highest BCUT2D eigenvalue weighted by Crippen LogP contribution is 2.34. The summed E-state index contributed by atoms with van der Waals surface area (Å²) in [4.78, 5) is 25.7. The molecule has 2 unspecified atom stereocenters. The fourth-order valence-corrected chi connectivity index (χ4v) is 3.28. The SMILES string of the molecule is CC1CCN(C(=O)Cc2cccc(C(=O)O)c2)C(c2ccco2)C1. The molecule has 3 rings (SSSR count). The Hall–Kier alpha value is -2.56. The fourth-order valence-electron chi connectivity index (χ4n) is 3.28. The summed E-state index contributed by atoms with van der Waals surface area (Å²) in [6.45, 7) is 2.89. The summed E-state index contributed by atoms with van der Waals surface area (Å²) >= 11 is 0. The lowest BCUT2D eigenvalue weighted by molar-refractivity contribution is -0.135. The van der Waals surface area contributed by atoms with E-state index in [4.69, 9.17) is 9.52 Å². The molecule has 1 fully saturated rings. The third-order valence-electron chi connectivity index (χ3n) is 4.59. The summed E-state index contributed by atoms with van der Waals surface area (Å²) in [5.41, 5.74) is 0.923. The lowest BCUT2D eigenvalue weighted by Crippen LogP contribution is -2.41. The molecule has 1 aliphatic heterocycles. The van der Waals surface area contributed by atoms with Gasteiger partial charge in [0.1, 0.15) is 5.76 Å². The number of carboxylic acid groups (broad SMARTS) is 1. The van der Waals surface area contributed by atoms with Gasteiger partial charge in [0.25, 0.3) is 0 Å². The molecule has 1 saturated heterocycles. The lowest BCUT2D eigenvalue weighted by atomic mass is 9.90. The Kier molecular flexibility index (Phi) is 4.69. The zero-order valence-electron chi connectivity index (χ0n) is 13.6. The van der Waals surface area contributed by atoms with Crippen LogP contribution in [0.1, 0.15) is 47.5 Å². The standard InChI is InChI=1S/C19H21NO4/c1-13-7-8-20(16(10-13)17-6-3-9-24-17)18(21)12-14-4-2-5-15(11-14)19(22)23/h2-6,9,11,13,16H,7-8,10,12H2,1H3,(H,22,23). The summed E-state index contributed by atoms with van der Waals surface area (Å²) in [7, 11) is 0. The molecule has 1 aliphatic rings. The molecule has 1 N–H and O–H groups in total. The van der Waals surface area contributed by atoms with Gasteiger partial charge >= 0.3 is 5.97 Å². The Morgan fingerprint density at radius 3 is 2.83 bits per heavy atom. The number of likely N-dealkylation sites (tertiary alicyclic amines) is 1. The molecule has 24 heavy (non-hydrogen) atoms. The van der Waals surface area contributed by atoms with Gasteiger partial charge in [-0.05, 0) is 48.6 Å². The van der Waals surface area contributed by atoms with E-state index < -0.39 is 5.97 Å². The quantitative estimate of drug-likeness (QED) is 0.932. The minimum absolute atomic E-state index is 0.00541. The fraction of sp³-hybridized carbons (Fsp3) is 0.368. The average Bonchev–Trinajstić information content (AvgIpc) is 3.09. The van der Waals surface area contributed by atoms with Crippen molar-refractivity contribution >= 4 is 11.9 Å². The maximum Gasteiger partial charge on any atom is 0.335 e. The number of piperidine rings is 1. The van der Waals surface area contributed by atoms with Crippen LogP contribution in [0.3, 0.4) is 0 Å². The minimum atomic E-state index is -0.982. The molecular weight excluding hydrogens is 306 g/mol. The van der Waals surface area contributed by atoms with Gasteiger partial charge in [-0.15, -0.1) is 0 Å². The number of nitrogens with zero attached hydrogens (tertiary/aromatic N) is 1. The highest BCUT2D eigenvalue weighted by Gasteiger charge is 2.32. The molecule has 2 atom stereocenters. The van der Waals surface area contributed by atoms with Crippen LogP contribution in [0, 0.1) is 5.92 Å². The Balaban J connectivity index is 1.77. The van der Waals surface area contributed by atoms with Gasteiger partial charge in [-0.3, -0.25) is 4.79 Å². The number of hydrogen-bond acceptors (Lipinski definition) is 3. The van der Waals surface area contributed by atoms with Crippen LogP contribution in [0.4, 0.5) is 0 Å². The maximum atomic E-state index is 12.8. The van der Waals surface area contributed by atoms with E-state index in [9.17, 15) is 9.59 Å². The molecule has 126 valence electrons. The highest BCUT2D eigenvalue weighted by molar-refractivity contribution is 5.88. The normalized spacial score (nSPS) is 20.8. The van der Waals surface area contributed by atoms with Crippen molar-refractivity contribution in [3.05, 3.63) is 59.5 Å². The largest absolute Gasteiger partial charge is 0.478 e. The van der Waals surface area contributed by atoms with Gasteiger partial charge in [-0.1, -0.05) is 19.1 Å². The summed E-state index contributed by atoms with van der Waals surface area (Å²) in [5, 5.41) is 9.08. The molecule has 0 aliphatic carbocycles. The molecular formula is C19H21NO4. The number of hydrogen-bond donors (Lipinski definition) is 1. The number of furan rings is 1. The average molecular weight is 327 g/mol. The predicted molar refractivity (Wildman–Crippen MR) is 88.7 cm³/mol. The minimum Gasteiger partial charge on any atom is -0.478 e. The molecule has 5 heteroatoms. The molecule has 0 bridgehead atoms. The highest BCUT2D eigenvalue weighted by atomic mass is 16.4. The van der Waals surface area contributed by atoms with Crippen LogP contribution in [-0.2, 0) is 11.2 Å². The van der Waals surface area contributed by atoms with E-state index in [0.717, 1.165) is 24.2 Å². The molecule has 0 spiro atoms. The van der Waals surface area contributed by atoms with Crippen molar-refractivity contribution in [2.75, 3.05) is 6.54 Å². The molecule has 5 nitrogen and oxygen atoms in total. The van der Waals surface area contributed by atoms with Crippen molar-refractivity contribution in [2.24, 2.45) is 5.92 Å². The molecule has 1 aromatic carbocycles. The van der Waals surface area contributed by atoms with Gasteiger partial charge in [0.15, 0.2) is 0 Å². The van der Waals surface area contributed by atoms with Crippen LogP contribution >= 0.6 is 0 Å². The number of carboxylic acids is 1. The Bertz CT molecular complexity index is 723. The monoisotopic (exact) mass is 327 g/mol. The maximum absolute atomic E-state index is 12.8. The Morgan fingerprint density at radius 1 is 1.29 bits per heavy atom. The summed E-state index contributed by atoms with van der Waals surface area (Å²) in [6, 6.07) is 10.3. The van der Waals surface area contributed by atoms with Crippen LogP contribution in [-0.4, -0.2) is 28.4 Å². The van der Waals surface area contributed by atoms with E-state index in [1.807, 2.05) is 17.0 Å². The number of aromatic carboxylic acids is 1. The van der Waals surface area contributed by atoms with E-state index >= 15 is 0 Å². The topological polar surface area (TPSA) is 70.8 Å². The van der Waals surface area contributed by atoms with Gasteiger partial charge in [-0.2, -0.15) is 0 Å². The van der Waals surface area contributed by atoms with Gasteiger partial charge in [0.2, 0.25) is 5.91 Å². The van der Waals surface area contributed by atoms with E-state index in [0.29, 0.717) is 12.5 Å². The van der Waals surface area contributed by atoms with Gasteiger partial charge in [-0.25, -0.2) is 4.79 Å². The summed E-state index contributed by atoms with van der Waals surface area (Å²) in [6.07, 6.45) is 3.69. The lowest BCUT2D eigenvalue weighted by Gasteiger charge is -2.37. The molecule has 2 aromatic rings. The third-order valence-corrected chi connectivity index (χ3v) is 4.59. The second-order valence-electron chi connectivity index (χ2n) is 6.43. The molecule has 0 radical (unpaired) electrons. The zero-order chi connectivity index (χ0) is 17.1. The number of benzene rings is 1. The van der Waals surface area contributed by atoms with Crippen molar-refractivity contribution in [3.8, 4) is 0 Å². The Morgan fingerprint density at radius 2 is 2.12 bits per heavy atom. The van der Waals surface area contributed by atoms with Crippen molar-refractivity contribution < 1.29 is 19.1 Å². The number of carbonyl (C=O) groups is 2. The van der Waals surface area contributed by atoms with E-state index in [1.165, 1.54) is 6.07 Å². The second-order valence-corrected chi connectivity index (χ2v) is 6.43. The van der Waals surface area contributed by atoms with Gasteiger partial charge in [0, 0.05) is 6.54 Å². The van der Waals surface area contributed by atoms with Crippen molar-refractivity contribution in [1.82, 2.24) is 4.90 Å². The smallest absolute Gasteiger partial charge is 0.335 e. The van der Waals surface area contributed by atoms with Gasteiger partial charge < -0.3 is 14.4 Å². The molecule has 1 aromatic heterocycles. The zero-order valence-corrected chi connectivity index (χ0v) is 13.6. The van der Waals surface area contributed by atoms with Crippen LogP contribution in [0.5, 0.6) is 0 Å². The van der Waals surface area contributed by atoms with E-state index in [1.54, 1.807) is 24.5 Å². The van der Waals surface area contributed by atoms with E-state index in [2.05, 4.69) is 6.92 Å². The van der Waals surface area contributed by atoms with Crippen molar-refractivity contribution in [3.63, 3.8) is 0 Å². The van der Waals surface area contributed by atoms with Gasteiger partial charge in [0.05, 0.1) is 24.3 Å². The number of rotatable bonds is 4. The first-order valence-corrected chi connectivity index (χ1v) is 8.19. The molecule has 0 saturated carbocycles.